The Labute approximate surface area is 143 Å². The van der Waals surface area contributed by atoms with Gasteiger partial charge < -0.3 is 4.74 Å². The molecular weight excluding hydrogens is 350 g/mol. The van der Waals surface area contributed by atoms with Crippen molar-refractivity contribution in [3.63, 3.8) is 0 Å². The van der Waals surface area contributed by atoms with Crippen LogP contribution in [-0.2, 0) is 9.53 Å². The first-order valence-corrected chi connectivity index (χ1v) is 7.62. The van der Waals surface area contributed by atoms with Crippen molar-refractivity contribution >= 4 is 44.2 Å². The summed E-state index contributed by atoms with van der Waals surface area (Å²) in [6, 6.07) is 4.20. The van der Waals surface area contributed by atoms with Gasteiger partial charge in [0.15, 0.2) is 17.4 Å². The minimum atomic E-state index is -0.775. The molecule has 0 saturated heterocycles. The van der Waals surface area contributed by atoms with Gasteiger partial charge in [-0.1, -0.05) is 11.3 Å². The van der Waals surface area contributed by atoms with E-state index in [0.29, 0.717) is 10.2 Å². The summed E-state index contributed by atoms with van der Waals surface area (Å²) in [5, 5.41) is 13.5. The quantitative estimate of drug-likeness (QED) is 0.413. The van der Waals surface area contributed by atoms with Gasteiger partial charge in [-0.05, 0) is 6.07 Å². The van der Waals surface area contributed by atoms with Gasteiger partial charge in [0.05, 0.1) is 21.3 Å². The fraction of sp³-hybridized carbons (Fsp3) is 0.0714. The van der Waals surface area contributed by atoms with Crippen LogP contribution in [0.1, 0.15) is 10.5 Å². The number of aromatic nitrogens is 3. The minimum Gasteiger partial charge on any atom is -0.451 e. The lowest BCUT2D eigenvalue weighted by Gasteiger charge is -2.03. The van der Waals surface area contributed by atoms with Crippen molar-refractivity contribution in [1.29, 1.82) is 0 Å². The lowest BCUT2D eigenvalue weighted by Crippen LogP contribution is -2.21. The molecule has 25 heavy (non-hydrogen) atoms. The molecule has 3 aromatic rings. The van der Waals surface area contributed by atoms with E-state index >= 15 is 0 Å². The molecule has 10 nitrogen and oxygen atoms in total. The Hall–Kier alpha value is -3.47. The summed E-state index contributed by atoms with van der Waals surface area (Å²) in [5.41, 5.74) is 0.442. The van der Waals surface area contributed by atoms with Crippen LogP contribution in [0.4, 0.5) is 10.8 Å². The fourth-order valence-corrected chi connectivity index (χ4v) is 2.76. The molecule has 0 saturated carbocycles. The number of hydrogen-bond acceptors (Lipinski definition) is 9. The number of carbonyl (C=O) groups is 2. The molecule has 3 rings (SSSR count). The third kappa shape index (κ3) is 3.90. The number of carbonyl (C=O) groups excluding carboxylic acids is 2. The van der Waals surface area contributed by atoms with E-state index in [2.05, 4.69) is 20.3 Å². The van der Waals surface area contributed by atoms with Crippen molar-refractivity contribution in [3.8, 4) is 0 Å². The van der Waals surface area contributed by atoms with E-state index in [9.17, 15) is 19.7 Å². The van der Waals surface area contributed by atoms with Crippen LogP contribution in [0, 0.1) is 10.1 Å². The number of non-ortho nitro benzene ring substituents is 1. The normalized spacial score (nSPS) is 10.4. The number of benzene rings is 1. The Morgan fingerprint density at radius 3 is 2.88 bits per heavy atom. The number of hydrogen-bond donors (Lipinski definition) is 1. The van der Waals surface area contributed by atoms with E-state index in [0.717, 1.165) is 11.3 Å². The van der Waals surface area contributed by atoms with E-state index in [1.54, 1.807) is 0 Å². The third-order valence-electron chi connectivity index (χ3n) is 2.94. The van der Waals surface area contributed by atoms with Crippen molar-refractivity contribution in [2.75, 3.05) is 11.9 Å². The number of fused-ring (bicyclic) bond motifs is 1. The van der Waals surface area contributed by atoms with Gasteiger partial charge in [-0.3, -0.25) is 25.2 Å². The molecule has 2 aromatic heterocycles. The summed E-state index contributed by atoms with van der Waals surface area (Å²) >= 11 is 1.08. The fourth-order valence-electron chi connectivity index (χ4n) is 1.85. The number of nitrogens with one attached hydrogen (secondary N) is 1. The Morgan fingerprint density at radius 2 is 2.16 bits per heavy atom. The second kappa shape index (κ2) is 6.97. The lowest BCUT2D eigenvalue weighted by molar-refractivity contribution is -0.384. The zero-order chi connectivity index (χ0) is 17.8. The second-order valence-corrected chi connectivity index (χ2v) is 5.67. The van der Waals surface area contributed by atoms with Crippen molar-refractivity contribution < 1.29 is 19.2 Å². The molecule has 1 aromatic carbocycles. The number of amides is 1. The minimum absolute atomic E-state index is 0.0115. The number of nitro benzene ring substituents is 1. The molecule has 0 aliphatic carbocycles. The van der Waals surface area contributed by atoms with E-state index < -0.39 is 23.4 Å². The van der Waals surface area contributed by atoms with Crippen molar-refractivity contribution in [1.82, 2.24) is 15.0 Å². The summed E-state index contributed by atoms with van der Waals surface area (Å²) < 4.78 is 5.38. The number of thiazole rings is 1. The Balaban J connectivity index is 1.62. The highest BCUT2D eigenvalue weighted by molar-refractivity contribution is 7.22. The molecule has 0 fully saturated rings. The highest BCUT2D eigenvalue weighted by Crippen LogP contribution is 2.29. The molecular formula is C14H9N5O5S. The Morgan fingerprint density at radius 1 is 1.32 bits per heavy atom. The molecule has 1 amide bonds. The number of esters is 1. The number of rotatable bonds is 5. The maximum atomic E-state index is 11.8. The Bertz CT molecular complexity index is 959. The van der Waals surface area contributed by atoms with Crippen LogP contribution in [0.15, 0.2) is 36.8 Å². The van der Waals surface area contributed by atoms with E-state index in [1.165, 1.54) is 36.8 Å². The van der Waals surface area contributed by atoms with Gasteiger partial charge in [-0.25, -0.2) is 14.8 Å². The molecule has 0 radical (unpaired) electrons. The zero-order valence-electron chi connectivity index (χ0n) is 12.4. The van der Waals surface area contributed by atoms with E-state index in [4.69, 9.17) is 4.74 Å². The SMILES string of the molecule is O=C(COC(=O)c1cnccn1)Nc1nc2ccc([N+](=O)[O-])cc2s1. The van der Waals surface area contributed by atoms with E-state index in [1.807, 2.05) is 0 Å². The number of anilines is 1. The zero-order valence-corrected chi connectivity index (χ0v) is 13.2. The molecule has 0 aliphatic rings. The van der Waals surface area contributed by atoms with Crippen molar-refractivity contribution in [2.45, 2.75) is 0 Å². The maximum absolute atomic E-state index is 11.8. The van der Waals surface area contributed by atoms with Gasteiger partial charge in [0.25, 0.3) is 11.6 Å². The van der Waals surface area contributed by atoms with Gasteiger partial charge in [0.2, 0.25) is 0 Å². The average Bonchev–Trinajstić information content (AvgIpc) is 3.01. The van der Waals surface area contributed by atoms with Gasteiger partial charge in [-0.2, -0.15) is 0 Å². The predicted octanol–water partition coefficient (Wildman–Crippen LogP) is 1.79. The van der Waals surface area contributed by atoms with E-state index in [-0.39, 0.29) is 16.5 Å². The summed E-state index contributed by atoms with van der Waals surface area (Å²) in [5.74, 6) is -1.37. The van der Waals surface area contributed by atoms with Gasteiger partial charge in [-0.15, -0.1) is 0 Å². The van der Waals surface area contributed by atoms with Crippen LogP contribution in [-0.4, -0.2) is 38.4 Å². The third-order valence-corrected chi connectivity index (χ3v) is 3.87. The van der Waals surface area contributed by atoms with Gasteiger partial charge in [0, 0.05) is 24.5 Å². The number of ether oxygens (including phenoxy) is 1. The van der Waals surface area contributed by atoms with Crippen molar-refractivity contribution in [3.05, 3.63) is 52.6 Å². The molecule has 126 valence electrons. The predicted molar refractivity (Wildman–Crippen MR) is 87.2 cm³/mol. The summed E-state index contributed by atoms with van der Waals surface area (Å²) in [6.07, 6.45) is 3.96. The van der Waals surface area contributed by atoms with Crippen LogP contribution in [0.2, 0.25) is 0 Å². The van der Waals surface area contributed by atoms with Gasteiger partial charge in [0.1, 0.15) is 0 Å². The Kier molecular flexibility index (Phi) is 4.57. The van der Waals surface area contributed by atoms with Crippen molar-refractivity contribution in [2.24, 2.45) is 0 Å². The summed E-state index contributed by atoms with van der Waals surface area (Å²) in [4.78, 5) is 45.4. The first-order chi connectivity index (χ1) is 12.0. The molecule has 0 atom stereocenters. The smallest absolute Gasteiger partial charge is 0.359 e. The molecule has 0 spiro atoms. The monoisotopic (exact) mass is 359 g/mol. The second-order valence-electron chi connectivity index (χ2n) is 4.64. The first kappa shape index (κ1) is 16.4. The topological polar surface area (TPSA) is 137 Å². The molecule has 1 N–H and O–H groups in total. The lowest BCUT2D eigenvalue weighted by atomic mass is 10.3. The highest BCUT2D eigenvalue weighted by atomic mass is 32.1. The first-order valence-electron chi connectivity index (χ1n) is 6.81. The standard InChI is InChI=1S/C14H9N5O5S/c20-12(7-24-13(21)10-6-15-3-4-16-10)18-14-17-9-2-1-8(19(22)23)5-11(9)25-14/h1-6H,7H2,(H,17,18,20). The molecule has 0 aliphatic heterocycles. The largest absolute Gasteiger partial charge is 0.451 e. The molecule has 2 heterocycles. The molecule has 11 heteroatoms. The number of nitro groups is 1. The summed E-state index contributed by atoms with van der Waals surface area (Å²) in [6.45, 7) is -0.522. The van der Waals surface area contributed by atoms with Crippen LogP contribution in [0.5, 0.6) is 0 Å². The average molecular weight is 359 g/mol. The summed E-state index contributed by atoms with van der Waals surface area (Å²) in [7, 11) is 0. The van der Waals surface area contributed by atoms with Crippen LogP contribution < -0.4 is 5.32 Å². The molecule has 0 bridgehead atoms. The van der Waals surface area contributed by atoms with Crippen LogP contribution in [0.3, 0.4) is 0 Å². The highest BCUT2D eigenvalue weighted by Gasteiger charge is 2.14. The number of nitrogens with zero attached hydrogens (tertiary/aromatic N) is 4. The van der Waals surface area contributed by atoms with Crippen LogP contribution in [0.25, 0.3) is 10.2 Å². The van der Waals surface area contributed by atoms with Gasteiger partial charge >= 0.3 is 5.97 Å². The maximum Gasteiger partial charge on any atom is 0.359 e. The molecule has 0 unspecified atom stereocenters. The van der Waals surface area contributed by atoms with Crippen LogP contribution >= 0.6 is 11.3 Å².